The molecule has 0 amide bonds. The van der Waals surface area contributed by atoms with Gasteiger partial charge in [0, 0.05) is 81.6 Å². The van der Waals surface area contributed by atoms with E-state index in [4.69, 9.17) is 104 Å². The SMILES string of the molecule is CCOC(=O)C1OCCC1=O.Cc1cnccc1Nc1nc(-c2cc(Cl)ccc2F)nc2c1OCC2.Fc1ccc(Cl)cc1-c1nc(Cl)c2c(n1)CCO2.Fc1ccc(Cl)cc1-c1nc(I)c2c(n1)CCO2.N=C(N)C1CC(Cl)CCC1F.O=P(Cl)(Cl)Cl.O=c1[nH]c(-c2cc(Cl)ccc2F)nc2c1OCC2. The van der Waals surface area contributed by atoms with Crippen LogP contribution in [0.15, 0.2) is 96.1 Å². The lowest BCUT2D eigenvalue weighted by Gasteiger charge is -2.27. The number of nitrogens with two attached hydrogens (primary N) is 1. The van der Waals surface area contributed by atoms with Crippen molar-refractivity contribution >= 4 is 160 Å². The number of benzene rings is 4. The zero-order valence-corrected chi connectivity index (χ0v) is 65.1. The van der Waals surface area contributed by atoms with Gasteiger partial charge in [-0.3, -0.25) is 24.5 Å². The summed E-state index contributed by atoms with van der Waals surface area (Å²) in [6.07, 6.45) is 6.09. The van der Waals surface area contributed by atoms with Gasteiger partial charge in [-0.2, -0.15) is 0 Å². The van der Waals surface area contributed by atoms with E-state index in [0.29, 0.717) is 148 Å². The first-order chi connectivity index (χ1) is 50.4. The number of carbonyl (C=O) groups excluding carboxylic acids is 2. The monoisotopic (exact) mass is 1770 g/mol. The molecule has 2 fully saturated rings. The van der Waals surface area contributed by atoms with Crippen molar-refractivity contribution in [3.63, 3.8) is 0 Å². The summed E-state index contributed by atoms with van der Waals surface area (Å²) in [6.45, 7) is 6.32. The largest absolute Gasteiger partial charge is 0.488 e. The molecule has 5 aromatic heterocycles. The molecule has 0 bridgehead atoms. The molecule has 0 radical (unpaired) electrons. The molecule has 9 aromatic rings. The van der Waals surface area contributed by atoms with Crippen molar-refractivity contribution in [2.75, 3.05) is 45.0 Å². The zero-order valence-electron chi connectivity index (χ0n) is 55.2. The van der Waals surface area contributed by atoms with Crippen molar-refractivity contribution in [2.45, 2.75) is 82.9 Å². The number of hydrogen-bond acceptors (Lipinski definition) is 20. The summed E-state index contributed by atoms with van der Waals surface area (Å²) in [6, 6.07) is 18.9. The number of amidine groups is 1. The van der Waals surface area contributed by atoms with Gasteiger partial charge in [0.1, 0.15) is 39.0 Å². The number of hydrogen-bond donors (Lipinski definition) is 4. The lowest BCUT2D eigenvalue weighted by molar-refractivity contribution is -0.156. The van der Waals surface area contributed by atoms with E-state index in [2.05, 4.69) is 111 Å². The minimum absolute atomic E-state index is 0.00380. The Balaban J connectivity index is 0.000000148. The molecule has 560 valence electrons. The van der Waals surface area contributed by atoms with E-state index in [1.807, 2.05) is 13.0 Å². The van der Waals surface area contributed by atoms with E-state index in [0.717, 1.165) is 29.1 Å². The first kappa shape index (κ1) is 83.0. The average Bonchev–Trinajstić information content (AvgIpc) is 1.64. The van der Waals surface area contributed by atoms with Crippen LogP contribution in [-0.2, 0) is 49.3 Å². The third kappa shape index (κ3) is 22.8. The van der Waals surface area contributed by atoms with Crippen molar-refractivity contribution in [1.82, 2.24) is 44.9 Å². The van der Waals surface area contributed by atoms with Gasteiger partial charge in [-0.05, 0) is 174 Å². The van der Waals surface area contributed by atoms with Crippen LogP contribution < -0.4 is 35.6 Å². The highest BCUT2D eigenvalue weighted by Crippen LogP contribution is 2.61. The Morgan fingerprint density at radius 2 is 1.11 bits per heavy atom. The minimum Gasteiger partial charge on any atom is -0.488 e. The molecule has 4 unspecified atom stereocenters. The van der Waals surface area contributed by atoms with E-state index in [-0.39, 0.29) is 74.5 Å². The minimum atomic E-state index is -3.22. The molecule has 0 spiro atoms. The Kier molecular flexibility index (Phi) is 30.0. The second-order valence-corrected chi connectivity index (χ2v) is 33.3. The summed E-state index contributed by atoms with van der Waals surface area (Å²) in [5, 5.41) is 9.00. The molecule has 4 atom stereocenters. The number of nitrogens with one attached hydrogen (secondary N) is 3. The maximum Gasteiger partial charge on any atom is 0.343 e. The fourth-order valence-electron chi connectivity index (χ4n) is 10.5. The Hall–Kier alpha value is -7.06. The highest BCUT2D eigenvalue weighted by molar-refractivity contribution is 14.1. The van der Waals surface area contributed by atoms with E-state index < -0.39 is 52.4 Å². The third-order valence-corrected chi connectivity index (χ3v) is 17.8. The predicted molar refractivity (Wildman–Crippen MR) is 404 cm³/mol. The number of aryl methyl sites for hydroxylation is 1. The van der Waals surface area contributed by atoms with E-state index in [9.17, 15) is 40.9 Å². The number of pyridine rings is 1. The third-order valence-electron chi connectivity index (χ3n) is 15.5. The summed E-state index contributed by atoms with van der Waals surface area (Å²) in [4.78, 5) is 70.1. The van der Waals surface area contributed by atoms with E-state index >= 15 is 0 Å². The Bertz CT molecular complexity index is 4740. The fraction of sp³-hybridized carbons (Fsp3) is 0.294. The van der Waals surface area contributed by atoms with Crippen LogP contribution in [0.4, 0.5) is 33.5 Å². The van der Waals surface area contributed by atoms with Gasteiger partial charge in [-0.15, -0.1) is 11.6 Å². The number of ether oxygens (including phenoxy) is 6. The van der Waals surface area contributed by atoms with Gasteiger partial charge in [0.15, 0.2) is 51.5 Å². The number of anilines is 2. The number of ketones is 1. The van der Waals surface area contributed by atoms with Gasteiger partial charge in [0.05, 0.1) is 90.5 Å². The van der Waals surface area contributed by atoms with Crippen LogP contribution in [0.1, 0.15) is 60.9 Å². The normalized spacial score (nSPS) is 16.7. The molecule has 5 aliphatic heterocycles. The Morgan fingerprint density at radius 3 is 1.61 bits per heavy atom. The number of carbonyl (C=O) groups is 2. The lowest BCUT2D eigenvalue weighted by Crippen LogP contribution is -2.36. The molecule has 106 heavy (non-hydrogen) atoms. The van der Waals surface area contributed by atoms with Gasteiger partial charge >= 0.3 is 11.2 Å². The molecule has 6 aliphatic rings. The van der Waals surface area contributed by atoms with E-state index in [1.165, 1.54) is 72.8 Å². The molecule has 1 saturated carbocycles. The quantitative estimate of drug-likeness (QED) is 0.0120. The fourth-order valence-corrected chi connectivity index (χ4v) is 12.5. The molecular weight excluding hydrogens is 1720 g/mol. The smallest absolute Gasteiger partial charge is 0.343 e. The predicted octanol–water partition coefficient (Wildman–Crippen LogP) is 17.9. The summed E-state index contributed by atoms with van der Waals surface area (Å²) in [5.41, 5.74) is 10.4. The number of fused-ring (bicyclic) bond motifs is 4. The van der Waals surface area contributed by atoms with Crippen LogP contribution in [0, 0.1) is 45.2 Å². The molecule has 4 aromatic carbocycles. The number of H-pyrrole nitrogens is 1. The number of nitrogens with zero attached hydrogens (tertiary/aromatic N) is 8. The standard InChI is InChI=1S/C18H14ClFN4O.C12H7Cl2FN2O.C12H7ClFIN2O.C12H8ClFN2O2.C7H12ClFN2.C7H10O4.Cl3OP/c1-10-9-21-6-4-14(10)22-18-16-15(5-7-25-16)23-17(24-18)12-8-11(19)2-3-13(12)20;13-6-1-2-8(15)7(5-6)12-16-9-3-4-18-10(9)11(14)17-12;13-6-1-2-8(14)7(5-6)12-16-9-3-4-18-10(9)11(15)17-12;13-6-1-2-8(14)7(5-6)11-15-9-3-4-18-10(9)12(17)16-11;8-4-1-2-6(9)5(3-4)7(10)11;1-2-10-7(9)6-5(8)3-4-11-6;1-5(2,3)4/h2-4,6,8-9H,5,7H2,1H3,(H,21,22,23,24);2*1-2,5H,3-4H2;1-2,5H,3-4H2,(H,15,16,17);4-6H,1-3H2,(H3,10,11);6H,2-4H2,1H3;. The maximum atomic E-state index is 14.2. The molecule has 1 aliphatic carbocycles. The van der Waals surface area contributed by atoms with Crippen LogP contribution in [0.2, 0.25) is 25.2 Å². The van der Waals surface area contributed by atoms with Gasteiger partial charge in [0.2, 0.25) is 11.9 Å². The Labute approximate surface area is 659 Å². The Morgan fingerprint density at radius 1 is 0.651 bits per heavy atom. The number of Topliss-reactive ketones (excluding diaryl/α,β-unsaturated/α-hetero) is 1. The second kappa shape index (κ2) is 38.3. The maximum absolute atomic E-state index is 14.2. The van der Waals surface area contributed by atoms with Crippen molar-refractivity contribution in [3.8, 4) is 68.5 Å². The highest BCUT2D eigenvalue weighted by Gasteiger charge is 2.34. The number of esters is 1. The van der Waals surface area contributed by atoms with Crippen LogP contribution in [-0.4, -0.2) is 120 Å². The first-order valence-electron chi connectivity index (χ1n) is 31.7. The van der Waals surface area contributed by atoms with Crippen molar-refractivity contribution in [2.24, 2.45) is 11.7 Å². The van der Waals surface area contributed by atoms with Gasteiger partial charge in [-0.25, -0.2) is 61.6 Å². The topological polar surface area (TPSA) is 304 Å². The summed E-state index contributed by atoms with van der Waals surface area (Å²) in [5.74, 6) is 0.585. The van der Waals surface area contributed by atoms with Crippen molar-refractivity contribution < 1.29 is 64.5 Å². The first-order valence-corrected chi connectivity index (χ1v) is 39.5. The highest BCUT2D eigenvalue weighted by atomic mass is 127. The molecule has 5 N–H and O–H groups in total. The molecule has 15 rings (SSSR count). The van der Waals surface area contributed by atoms with Crippen LogP contribution in [0.3, 0.4) is 0 Å². The van der Waals surface area contributed by atoms with Gasteiger partial charge in [0.25, 0.3) is 5.56 Å². The van der Waals surface area contributed by atoms with Crippen molar-refractivity contribution in [3.05, 3.63) is 182 Å². The zero-order chi connectivity index (χ0) is 76.7. The lowest BCUT2D eigenvalue weighted by atomic mass is 9.86. The van der Waals surface area contributed by atoms with Gasteiger partial charge < -0.3 is 44.5 Å². The molecular formula is C68H58Cl9F5IN12O10P. The van der Waals surface area contributed by atoms with Gasteiger partial charge in [-0.1, -0.05) is 58.0 Å². The van der Waals surface area contributed by atoms with E-state index in [1.54, 1.807) is 19.3 Å². The number of aromatic amines is 1. The summed E-state index contributed by atoms with van der Waals surface area (Å²) < 4.78 is 110. The summed E-state index contributed by atoms with van der Waals surface area (Å²) >= 11 is 51.2. The molecule has 38 heteroatoms. The number of alkyl halides is 2. The average molecular weight is 1780 g/mol. The van der Waals surface area contributed by atoms with Crippen LogP contribution in [0.25, 0.3) is 45.6 Å². The van der Waals surface area contributed by atoms with Crippen molar-refractivity contribution in [1.29, 1.82) is 5.41 Å². The molecule has 10 heterocycles. The molecule has 1 saturated heterocycles. The van der Waals surface area contributed by atoms with Crippen LogP contribution >= 0.6 is 131 Å². The number of rotatable bonds is 9. The number of aromatic nitrogens is 9. The molecule has 22 nitrogen and oxygen atoms in total. The second-order valence-electron chi connectivity index (χ2n) is 22.9. The van der Waals surface area contributed by atoms with Crippen LogP contribution in [0.5, 0.6) is 23.0 Å². The number of halogens is 15. The summed E-state index contributed by atoms with van der Waals surface area (Å²) in [7, 11) is 0.